The second kappa shape index (κ2) is 10.2. The number of hydrogen-bond acceptors (Lipinski definition) is 4. The number of carbonyl (C=O) groups excluding carboxylic acids is 2. The van der Waals surface area contributed by atoms with Gasteiger partial charge >= 0.3 is 0 Å². The normalized spacial score (nSPS) is 16.2. The zero-order valence-electron chi connectivity index (χ0n) is 19.7. The predicted octanol–water partition coefficient (Wildman–Crippen LogP) is 4.19. The number of anilines is 1. The van der Waals surface area contributed by atoms with Gasteiger partial charge in [-0.3, -0.25) is 14.5 Å². The van der Waals surface area contributed by atoms with Crippen LogP contribution in [-0.2, 0) is 14.9 Å². The van der Waals surface area contributed by atoms with Crippen molar-refractivity contribution in [1.82, 2.24) is 10.2 Å². The summed E-state index contributed by atoms with van der Waals surface area (Å²) in [6.07, 6.45) is 0. The van der Waals surface area contributed by atoms with Crippen molar-refractivity contribution in [3.8, 4) is 0 Å². The summed E-state index contributed by atoms with van der Waals surface area (Å²) in [7, 11) is 3.12. The molecule has 0 radical (unpaired) electrons. The maximum absolute atomic E-state index is 14.3. The minimum absolute atomic E-state index is 0.0889. The Balaban J connectivity index is 2.03. The number of amides is 2. The molecule has 1 aliphatic heterocycles. The third kappa shape index (κ3) is 4.90. The van der Waals surface area contributed by atoms with Gasteiger partial charge in [0.25, 0.3) is 5.91 Å². The minimum Gasteiger partial charge on any atom is -0.383 e. The van der Waals surface area contributed by atoms with E-state index in [9.17, 15) is 14.0 Å². The van der Waals surface area contributed by atoms with Crippen molar-refractivity contribution in [2.24, 2.45) is 0 Å². The van der Waals surface area contributed by atoms with E-state index in [0.717, 1.165) is 17.2 Å². The summed E-state index contributed by atoms with van der Waals surface area (Å²) in [6, 6.07) is 10.4. The largest absolute Gasteiger partial charge is 0.383 e. The van der Waals surface area contributed by atoms with E-state index in [-0.39, 0.29) is 34.1 Å². The molecule has 1 fully saturated rings. The summed E-state index contributed by atoms with van der Waals surface area (Å²) in [5.74, 6) is -1.25. The molecule has 178 valence electrons. The smallest absolute Gasteiger partial charge is 0.253 e. The molecular formula is C25H31ClFN3O3. The highest BCUT2D eigenvalue weighted by Gasteiger charge is 2.52. The van der Waals surface area contributed by atoms with Crippen LogP contribution < -0.4 is 10.6 Å². The molecule has 8 heteroatoms. The zero-order chi connectivity index (χ0) is 24.3. The second-order valence-electron chi connectivity index (χ2n) is 8.88. The van der Waals surface area contributed by atoms with Crippen molar-refractivity contribution in [2.45, 2.75) is 38.1 Å². The first-order valence-electron chi connectivity index (χ1n) is 11.0. The van der Waals surface area contributed by atoms with Crippen molar-refractivity contribution >= 4 is 29.1 Å². The number of hydrogen-bond donors (Lipinski definition) is 2. The Morgan fingerprint density at radius 2 is 1.88 bits per heavy atom. The van der Waals surface area contributed by atoms with E-state index >= 15 is 0 Å². The molecule has 1 atom stereocenters. The van der Waals surface area contributed by atoms with Gasteiger partial charge in [-0.2, -0.15) is 0 Å². The van der Waals surface area contributed by atoms with Gasteiger partial charge in [-0.05, 0) is 36.1 Å². The van der Waals surface area contributed by atoms with Crippen LogP contribution in [0.5, 0.6) is 0 Å². The van der Waals surface area contributed by atoms with Crippen LogP contribution in [0.4, 0.5) is 10.1 Å². The molecule has 6 nitrogen and oxygen atoms in total. The average Bonchev–Trinajstić information content (AvgIpc) is 2.75. The number of nitrogens with zero attached hydrogens (tertiary/aromatic N) is 1. The van der Waals surface area contributed by atoms with Crippen LogP contribution in [0.1, 0.15) is 48.2 Å². The standard InChI is InChI=1S/C25H31ClFN3O3/c1-15(2)17-8-6-7-9-19(17)25(13-30(14-25)16(3)12-33-5)24(32)29-22-11-21(27)20(26)10-18(22)23(31)28-4/h6-11,15-16H,12-14H2,1-5H3,(H,28,31)(H,29,32). The van der Waals surface area contributed by atoms with E-state index in [4.69, 9.17) is 16.3 Å². The Hall–Kier alpha value is -2.48. The Labute approximate surface area is 199 Å². The van der Waals surface area contributed by atoms with Crippen molar-refractivity contribution in [3.05, 3.63) is 63.9 Å². The number of likely N-dealkylation sites (tertiary alicyclic amines) is 1. The highest BCUT2D eigenvalue weighted by atomic mass is 35.5. The number of rotatable bonds is 8. The van der Waals surface area contributed by atoms with Gasteiger partial charge in [-0.1, -0.05) is 49.7 Å². The molecule has 0 saturated carbocycles. The average molecular weight is 476 g/mol. The van der Waals surface area contributed by atoms with Gasteiger partial charge in [0.1, 0.15) is 5.82 Å². The maximum Gasteiger partial charge on any atom is 0.253 e. The van der Waals surface area contributed by atoms with E-state index in [1.165, 1.54) is 13.1 Å². The SMILES string of the molecule is CNC(=O)c1cc(Cl)c(F)cc1NC(=O)C1(c2ccccc2C(C)C)CN(C(C)COC)C1. The number of benzene rings is 2. The molecule has 0 aliphatic carbocycles. The fourth-order valence-corrected chi connectivity index (χ4v) is 4.56. The summed E-state index contributed by atoms with van der Waals surface area (Å²) in [4.78, 5) is 28.4. The summed E-state index contributed by atoms with van der Waals surface area (Å²) in [5, 5.41) is 5.16. The fourth-order valence-electron chi connectivity index (χ4n) is 4.39. The van der Waals surface area contributed by atoms with Gasteiger partial charge in [-0.25, -0.2) is 4.39 Å². The van der Waals surface area contributed by atoms with Crippen LogP contribution in [0.25, 0.3) is 0 Å². The lowest BCUT2D eigenvalue weighted by Gasteiger charge is -2.52. The molecule has 2 aromatic rings. The first-order valence-corrected chi connectivity index (χ1v) is 11.4. The van der Waals surface area contributed by atoms with E-state index < -0.39 is 17.1 Å². The topological polar surface area (TPSA) is 70.7 Å². The Morgan fingerprint density at radius 1 is 1.21 bits per heavy atom. The summed E-state index contributed by atoms with van der Waals surface area (Å²) >= 11 is 5.90. The second-order valence-corrected chi connectivity index (χ2v) is 9.29. The molecule has 1 unspecified atom stereocenters. The molecule has 33 heavy (non-hydrogen) atoms. The number of ether oxygens (including phenoxy) is 1. The Kier molecular flexibility index (Phi) is 7.77. The van der Waals surface area contributed by atoms with Gasteiger partial charge in [0, 0.05) is 33.3 Å². The molecule has 3 rings (SSSR count). The number of carbonyl (C=O) groups is 2. The number of methoxy groups -OCH3 is 1. The van der Waals surface area contributed by atoms with Crippen molar-refractivity contribution in [1.29, 1.82) is 0 Å². The molecule has 0 aromatic heterocycles. The minimum atomic E-state index is -0.848. The quantitative estimate of drug-likeness (QED) is 0.600. The number of nitrogens with one attached hydrogen (secondary N) is 2. The van der Waals surface area contributed by atoms with Crippen LogP contribution in [0.3, 0.4) is 0 Å². The first kappa shape index (κ1) is 25.1. The van der Waals surface area contributed by atoms with Crippen molar-refractivity contribution in [3.63, 3.8) is 0 Å². The van der Waals surface area contributed by atoms with Crippen LogP contribution in [0.2, 0.25) is 5.02 Å². The Bertz CT molecular complexity index is 1040. The fraction of sp³-hybridized carbons (Fsp3) is 0.440. The number of halogens is 2. The Morgan fingerprint density at radius 3 is 2.48 bits per heavy atom. The van der Waals surface area contributed by atoms with E-state index in [0.29, 0.717) is 19.7 Å². The third-order valence-corrected chi connectivity index (χ3v) is 6.58. The van der Waals surface area contributed by atoms with E-state index in [1.807, 2.05) is 24.3 Å². The van der Waals surface area contributed by atoms with E-state index in [1.54, 1.807) is 7.11 Å². The van der Waals surface area contributed by atoms with Gasteiger partial charge < -0.3 is 15.4 Å². The van der Waals surface area contributed by atoms with Crippen LogP contribution in [0.15, 0.2) is 36.4 Å². The van der Waals surface area contributed by atoms with Gasteiger partial charge in [-0.15, -0.1) is 0 Å². The summed E-state index contributed by atoms with van der Waals surface area (Å²) in [6.45, 7) is 7.75. The van der Waals surface area contributed by atoms with Gasteiger partial charge in [0.05, 0.1) is 28.3 Å². The van der Waals surface area contributed by atoms with E-state index in [2.05, 4.69) is 36.3 Å². The molecule has 0 spiro atoms. The summed E-state index contributed by atoms with van der Waals surface area (Å²) in [5.41, 5.74) is 1.37. The monoisotopic (exact) mass is 475 g/mol. The lowest BCUT2D eigenvalue weighted by atomic mass is 9.69. The highest BCUT2D eigenvalue weighted by molar-refractivity contribution is 6.31. The van der Waals surface area contributed by atoms with Crippen LogP contribution >= 0.6 is 11.6 Å². The molecule has 2 amide bonds. The first-order chi connectivity index (χ1) is 15.6. The molecule has 0 bridgehead atoms. The van der Waals surface area contributed by atoms with Gasteiger partial charge in [0.15, 0.2) is 0 Å². The molecule has 1 saturated heterocycles. The third-order valence-electron chi connectivity index (χ3n) is 6.29. The van der Waals surface area contributed by atoms with Crippen LogP contribution in [-0.4, -0.2) is 56.6 Å². The maximum atomic E-state index is 14.3. The van der Waals surface area contributed by atoms with Crippen molar-refractivity contribution in [2.75, 3.05) is 39.2 Å². The molecule has 1 heterocycles. The molecule has 1 aliphatic rings. The zero-order valence-corrected chi connectivity index (χ0v) is 20.4. The molecule has 2 aromatic carbocycles. The molecular weight excluding hydrogens is 445 g/mol. The van der Waals surface area contributed by atoms with Gasteiger partial charge in [0.2, 0.25) is 5.91 Å². The molecule has 2 N–H and O–H groups in total. The summed E-state index contributed by atoms with van der Waals surface area (Å²) < 4.78 is 19.6. The highest BCUT2D eigenvalue weighted by Crippen LogP contribution is 2.41. The van der Waals surface area contributed by atoms with Crippen LogP contribution in [0, 0.1) is 5.82 Å². The van der Waals surface area contributed by atoms with Crippen molar-refractivity contribution < 1.29 is 18.7 Å². The lowest BCUT2D eigenvalue weighted by molar-refractivity contribution is -0.130. The lowest BCUT2D eigenvalue weighted by Crippen LogP contribution is -2.67. The predicted molar refractivity (Wildman–Crippen MR) is 129 cm³/mol.